The van der Waals surface area contributed by atoms with E-state index in [0.717, 1.165) is 24.1 Å². The molecule has 0 aliphatic carbocycles. The Morgan fingerprint density at radius 3 is 2.50 bits per heavy atom. The maximum Gasteiger partial charge on any atom is 0.224 e. The third kappa shape index (κ3) is 3.90. The van der Waals surface area contributed by atoms with Crippen molar-refractivity contribution in [2.45, 2.75) is 26.3 Å². The van der Waals surface area contributed by atoms with Gasteiger partial charge in [-0.1, -0.05) is 24.3 Å². The van der Waals surface area contributed by atoms with Crippen molar-refractivity contribution >= 4 is 17.5 Å². The van der Waals surface area contributed by atoms with E-state index in [4.69, 9.17) is 0 Å². The highest BCUT2D eigenvalue weighted by Crippen LogP contribution is 2.21. The van der Waals surface area contributed by atoms with Gasteiger partial charge >= 0.3 is 0 Å². The first-order valence-electron chi connectivity index (χ1n) is 8.53. The molecule has 2 aromatic rings. The Kier molecular flexibility index (Phi) is 5.30. The zero-order chi connectivity index (χ0) is 18.7. The molecule has 2 amide bonds. The Balaban J connectivity index is 1.65. The van der Waals surface area contributed by atoms with E-state index in [-0.39, 0.29) is 30.5 Å². The number of fused-ring (bicyclic) bond motifs is 1. The lowest BCUT2D eigenvalue weighted by Gasteiger charge is -2.30. The number of rotatable bonds is 4. The summed E-state index contributed by atoms with van der Waals surface area (Å²) in [6.45, 7) is 2.65. The fraction of sp³-hybridized carbons (Fsp3) is 0.300. The molecule has 0 spiro atoms. The summed E-state index contributed by atoms with van der Waals surface area (Å²) < 4.78 is 26.5. The van der Waals surface area contributed by atoms with Crippen molar-refractivity contribution in [3.63, 3.8) is 0 Å². The van der Waals surface area contributed by atoms with Gasteiger partial charge in [0.2, 0.25) is 11.8 Å². The molecule has 1 heterocycles. The largest absolute Gasteiger partial charge is 0.338 e. The molecule has 0 saturated carbocycles. The smallest absolute Gasteiger partial charge is 0.224 e. The molecule has 2 aromatic carbocycles. The van der Waals surface area contributed by atoms with Crippen molar-refractivity contribution < 1.29 is 18.4 Å². The highest BCUT2D eigenvalue weighted by Gasteiger charge is 2.22. The van der Waals surface area contributed by atoms with Gasteiger partial charge in [0.25, 0.3) is 0 Å². The summed E-state index contributed by atoms with van der Waals surface area (Å²) in [7, 11) is 0. The second-order valence-corrected chi connectivity index (χ2v) is 6.35. The van der Waals surface area contributed by atoms with Gasteiger partial charge in [0.15, 0.2) is 11.6 Å². The maximum absolute atomic E-state index is 13.4. The molecule has 0 bridgehead atoms. The van der Waals surface area contributed by atoms with Gasteiger partial charge in [-0.05, 0) is 29.7 Å². The first-order valence-corrected chi connectivity index (χ1v) is 8.53. The average Bonchev–Trinajstić information content (AvgIpc) is 2.64. The third-order valence-corrected chi connectivity index (χ3v) is 4.63. The number of benzene rings is 2. The molecule has 6 heteroatoms. The molecule has 0 atom stereocenters. The molecule has 1 aliphatic heterocycles. The molecule has 0 aromatic heterocycles. The Morgan fingerprint density at radius 2 is 1.81 bits per heavy atom. The Morgan fingerprint density at radius 1 is 1.08 bits per heavy atom. The van der Waals surface area contributed by atoms with Gasteiger partial charge in [0.05, 0.1) is 0 Å². The summed E-state index contributed by atoms with van der Waals surface area (Å²) in [6.07, 6.45) is 0.933. The van der Waals surface area contributed by atoms with E-state index in [9.17, 15) is 18.4 Å². The molecular weight excluding hydrogens is 338 g/mol. The van der Waals surface area contributed by atoms with Gasteiger partial charge in [0.1, 0.15) is 0 Å². The molecule has 0 saturated heterocycles. The predicted octanol–water partition coefficient (Wildman–Crippen LogP) is 3.29. The monoisotopic (exact) mass is 358 g/mol. The van der Waals surface area contributed by atoms with Crippen LogP contribution in [0.1, 0.15) is 24.5 Å². The van der Waals surface area contributed by atoms with Crippen LogP contribution < -0.4 is 4.90 Å². The van der Waals surface area contributed by atoms with Crippen LogP contribution in [0.4, 0.5) is 14.5 Å². The zero-order valence-corrected chi connectivity index (χ0v) is 14.5. The highest BCUT2D eigenvalue weighted by molar-refractivity contribution is 5.92. The lowest BCUT2D eigenvalue weighted by Crippen LogP contribution is -2.39. The van der Waals surface area contributed by atoms with Crippen LogP contribution in [-0.4, -0.2) is 29.8 Å². The molecule has 0 fully saturated rings. The van der Waals surface area contributed by atoms with Gasteiger partial charge < -0.3 is 9.80 Å². The quantitative estimate of drug-likeness (QED) is 0.841. The summed E-state index contributed by atoms with van der Waals surface area (Å²) in [4.78, 5) is 27.5. The Labute approximate surface area is 151 Å². The number of hydrogen-bond acceptors (Lipinski definition) is 2. The standard InChI is InChI=1S/C20H20F2N2O2/c1-14(25)24(17-6-7-18(21)19(22)12-17)11-9-20(26)23-10-8-15-4-2-3-5-16(15)13-23/h2-7,12H,8-11,13H2,1H3. The number of anilines is 1. The molecule has 0 radical (unpaired) electrons. The van der Waals surface area contributed by atoms with Crippen molar-refractivity contribution in [1.29, 1.82) is 0 Å². The summed E-state index contributed by atoms with van der Waals surface area (Å²) in [5, 5.41) is 0. The summed E-state index contributed by atoms with van der Waals surface area (Å²) in [6, 6.07) is 11.3. The van der Waals surface area contributed by atoms with E-state index in [0.29, 0.717) is 13.1 Å². The first-order chi connectivity index (χ1) is 12.5. The second-order valence-electron chi connectivity index (χ2n) is 6.35. The van der Waals surface area contributed by atoms with Gasteiger partial charge in [-0.25, -0.2) is 8.78 Å². The molecular formula is C20H20F2N2O2. The minimum Gasteiger partial charge on any atom is -0.338 e. The SMILES string of the molecule is CC(=O)N(CCC(=O)N1CCc2ccccc2C1)c1ccc(F)c(F)c1. The van der Waals surface area contributed by atoms with Crippen LogP contribution in [0, 0.1) is 11.6 Å². The fourth-order valence-corrected chi connectivity index (χ4v) is 3.20. The minimum atomic E-state index is -1.02. The van der Waals surface area contributed by atoms with E-state index in [1.54, 1.807) is 4.90 Å². The van der Waals surface area contributed by atoms with E-state index >= 15 is 0 Å². The fourth-order valence-electron chi connectivity index (χ4n) is 3.20. The van der Waals surface area contributed by atoms with Crippen LogP contribution in [0.25, 0.3) is 0 Å². The van der Waals surface area contributed by atoms with E-state index < -0.39 is 11.6 Å². The molecule has 0 unspecified atom stereocenters. The van der Waals surface area contributed by atoms with Crippen molar-refractivity contribution in [3.8, 4) is 0 Å². The van der Waals surface area contributed by atoms with Crippen LogP contribution in [0.2, 0.25) is 0 Å². The molecule has 3 rings (SSSR count). The van der Waals surface area contributed by atoms with E-state index in [1.165, 1.54) is 23.5 Å². The summed E-state index contributed by atoms with van der Waals surface area (Å²) >= 11 is 0. The Hall–Kier alpha value is -2.76. The maximum atomic E-state index is 13.4. The number of hydrogen-bond donors (Lipinski definition) is 0. The molecule has 4 nitrogen and oxygen atoms in total. The number of nitrogens with zero attached hydrogens (tertiary/aromatic N) is 2. The highest BCUT2D eigenvalue weighted by atomic mass is 19.2. The normalized spacial score (nSPS) is 13.3. The molecule has 26 heavy (non-hydrogen) atoms. The lowest BCUT2D eigenvalue weighted by atomic mass is 10.00. The average molecular weight is 358 g/mol. The van der Waals surface area contributed by atoms with Crippen molar-refractivity contribution in [2.24, 2.45) is 0 Å². The topological polar surface area (TPSA) is 40.6 Å². The lowest BCUT2D eigenvalue weighted by molar-refractivity contribution is -0.131. The molecule has 136 valence electrons. The predicted molar refractivity (Wildman–Crippen MR) is 94.6 cm³/mol. The summed E-state index contributed by atoms with van der Waals surface area (Å²) in [5.74, 6) is -2.38. The minimum absolute atomic E-state index is 0.0617. The van der Waals surface area contributed by atoms with Gasteiger partial charge in [-0.3, -0.25) is 9.59 Å². The molecule has 1 aliphatic rings. The van der Waals surface area contributed by atoms with Crippen LogP contribution in [-0.2, 0) is 22.6 Å². The van der Waals surface area contributed by atoms with Gasteiger partial charge in [-0.2, -0.15) is 0 Å². The zero-order valence-electron chi connectivity index (χ0n) is 14.5. The number of halogens is 2. The van der Waals surface area contributed by atoms with E-state index in [2.05, 4.69) is 6.07 Å². The van der Waals surface area contributed by atoms with Gasteiger partial charge in [0, 0.05) is 44.7 Å². The number of amides is 2. The second kappa shape index (κ2) is 7.64. The summed E-state index contributed by atoms with van der Waals surface area (Å²) in [5.41, 5.74) is 2.63. The van der Waals surface area contributed by atoms with Crippen molar-refractivity contribution in [3.05, 3.63) is 65.2 Å². The van der Waals surface area contributed by atoms with Crippen LogP contribution in [0.15, 0.2) is 42.5 Å². The van der Waals surface area contributed by atoms with Crippen molar-refractivity contribution in [2.75, 3.05) is 18.0 Å². The third-order valence-electron chi connectivity index (χ3n) is 4.63. The van der Waals surface area contributed by atoms with Gasteiger partial charge in [-0.15, -0.1) is 0 Å². The van der Waals surface area contributed by atoms with E-state index in [1.807, 2.05) is 18.2 Å². The Bertz CT molecular complexity index is 838. The number of carbonyl (C=O) groups is 2. The first kappa shape index (κ1) is 18.0. The molecule has 0 N–H and O–H groups in total. The number of carbonyl (C=O) groups excluding carboxylic acids is 2. The van der Waals surface area contributed by atoms with Crippen LogP contribution >= 0.6 is 0 Å². The van der Waals surface area contributed by atoms with Crippen molar-refractivity contribution in [1.82, 2.24) is 4.90 Å². The van der Waals surface area contributed by atoms with Crippen LogP contribution in [0.3, 0.4) is 0 Å². The van der Waals surface area contributed by atoms with Crippen LogP contribution in [0.5, 0.6) is 0 Å².